The van der Waals surface area contributed by atoms with Gasteiger partial charge in [-0.2, -0.15) is 0 Å². The largest absolute Gasteiger partial charge is 0.502 e. The van der Waals surface area contributed by atoms with Gasteiger partial charge in [0.05, 0.1) is 0 Å². The first kappa shape index (κ1) is 11.8. The van der Waals surface area contributed by atoms with Crippen LogP contribution in [0.3, 0.4) is 0 Å². The lowest BCUT2D eigenvalue weighted by Gasteiger charge is -2.13. The van der Waals surface area contributed by atoms with Crippen molar-refractivity contribution >= 4 is 17.3 Å². The van der Waals surface area contributed by atoms with Crippen LogP contribution in [0, 0.1) is 5.92 Å². The SMILES string of the molecule is CCC[C@@H](CCOC)CC(O)=S. The molecule has 0 aliphatic carbocycles. The first-order valence-electron chi connectivity index (χ1n) is 4.41. The zero-order valence-electron chi connectivity index (χ0n) is 7.88. The van der Waals surface area contributed by atoms with Crippen LogP contribution in [0.5, 0.6) is 0 Å². The second kappa shape index (κ2) is 7.50. The smallest absolute Gasteiger partial charge is 0.156 e. The standard InChI is InChI=1S/C9H18O2S/c1-3-4-8(5-6-11-2)7-9(10)12/h8H,3-7H2,1-2H3,(H,10,12)/t8-/m0/s1. The number of thiocarbonyl (C=S) groups is 1. The molecule has 0 rings (SSSR count). The highest BCUT2D eigenvalue weighted by Crippen LogP contribution is 2.15. The predicted molar refractivity (Wildman–Crippen MR) is 54.7 cm³/mol. The highest BCUT2D eigenvalue weighted by atomic mass is 32.1. The van der Waals surface area contributed by atoms with E-state index in [0.717, 1.165) is 25.9 Å². The van der Waals surface area contributed by atoms with Crippen molar-refractivity contribution in [2.75, 3.05) is 13.7 Å². The van der Waals surface area contributed by atoms with Crippen LogP contribution < -0.4 is 0 Å². The van der Waals surface area contributed by atoms with Gasteiger partial charge in [-0.3, -0.25) is 0 Å². The average Bonchev–Trinajstić information content (AvgIpc) is 2.00. The second-order valence-corrected chi connectivity index (χ2v) is 3.51. The van der Waals surface area contributed by atoms with Crippen LogP contribution in [0.4, 0.5) is 0 Å². The minimum absolute atomic E-state index is 0.129. The van der Waals surface area contributed by atoms with E-state index in [1.807, 2.05) is 0 Å². The van der Waals surface area contributed by atoms with Crippen molar-refractivity contribution in [3.63, 3.8) is 0 Å². The van der Waals surface area contributed by atoms with E-state index in [-0.39, 0.29) is 5.05 Å². The highest BCUT2D eigenvalue weighted by Gasteiger charge is 2.09. The summed E-state index contributed by atoms with van der Waals surface area (Å²) >= 11 is 4.65. The minimum atomic E-state index is 0.129. The quantitative estimate of drug-likeness (QED) is 0.626. The minimum Gasteiger partial charge on any atom is -0.502 e. The number of methoxy groups -OCH3 is 1. The lowest BCUT2D eigenvalue weighted by atomic mass is 9.97. The molecular weight excluding hydrogens is 172 g/mol. The number of hydrogen-bond acceptors (Lipinski definition) is 2. The van der Waals surface area contributed by atoms with Crippen LogP contribution in [0.2, 0.25) is 0 Å². The van der Waals surface area contributed by atoms with E-state index < -0.39 is 0 Å². The van der Waals surface area contributed by atoms with Gasteiger partial charge in [-0.05, 0) is 24.6 Å². The van der Waals surface area contributed by atoms with E-state index in [2.05, 4.69) is 19.1 Å². The zero-order valence-corrected chi connectivity index (χ0v) is 8.69. The van der Waals surface area contributed by atoms with E-state index in [9.17, 15) is 0 Å². The van der Waals surface area contributed by atoms with Crippen LogP contribution in [0.25, 0.3) is 0 Å². The molecule has 0 saturated heterocycles. The van der Waals surface area contributed by atoms with Crippen molar-refractivity contribution < 1.29 is 9.84 Å². The topological polar surface area (TPSA) is 29.5 Å². The molecule has 0 radical (unpaired) electrons. The third kappa shape index (κ3) is 6.55. The molecule has 1 atom stereocenters. The van der Waals surface area contributed by atoms with Crippen molar-refractivity contribution in [2.45, 2.75) is 32.6 Å². The fraction of sp³-hybridized carbons (Fsp3) is 0.889. The third-order valence-corrected chi connectivity index (χ3v) is 2.06. The number of aliphatic hydroxyl groups excluding tert-OH is 1. The molecule has 0 aromatic carbocycles. The maximum Gasteiger partial charge on any atom is 0.156 e. The molecule has 0 unspecified atom stereocenters. The van der Waals surface area contributed by atoms with Crippen molar-refractivity contribution in [1.29, 1.82) is 0 Å². The van der Waals surface area contributed by atoms with Crippen LogP contribution in [-0.4, -0.2) is 23.9 Å². The fourth-order valence-corrected chi connectivity index (χ4v) is 1.52. The maximum absolute atomic E-state index is 8.94. The Kier molecular flexibility index (Phi) is 7.40. The molecule has 0 spiro atoms. The van der Waals surface area contributed by atoms with E-state index in [4.69, 9.17) is 9.84 Å². The molecule has 0 aromatic rings. The van der Waals surface area contributed by atoms with Gasteiger partial charge in [-0.1, -0.05) is 19.8 Å². The average molecular weight is 190 g/mol. The molecule has 0 heterocycles. The zero-order chi connectivity index (χ0) is 9.40. The monoisotopic (exact) mass is 190 g/mol. The van der Waals surface area contributed by atoms with Crippen LogP contribution >= 0.6 is 12.2 Å². The molecular formula is C9H18O2S. The Labute approximate surface area is 79.9 Å². The first-order chi connectivity index (χ1) is 5.70. The van der Waals surface area contributed by atoms with Gasteiger partial charge in [0.25, 0.3) is 0 Å². The van der Waals surface area contributed by atoms with Crippen molar-refractivity contribution in [3.8, 4) is 0 Å². The molecule has 0 aliphatic heterocycles. The van der Waals surface area contributed by atoms with Crippen LogP contribution in [0.1, 0.15) is 32.6 Å². The second-order valence-electron chi connectivity index (χ2n) is 3.03. The molecule has 72 valence electrons. The summed E-state index contributed by atoms with van der Waals surface area (Å²) in [6, 6.07) is 0. The van der Waals surface area contributed by atoms with Crippen LogP contribution in [0.15, 0.2) is 0 Å². The summed E-state index contributed by atoms with van der Waals surface area (Å²) in [6.07, 6.45) is 3.89. The number of aliphatic hydroxyl groups is 1. The van der Waals surface area contributed by atoms with Crippen molar-refractivity contribution in [2.24, 2.45) is 5.92 Å². The van der Waals surface area contributed by atoms with Gasteiger partial charge in [-0.25, -0.2) is 0 Å². The molecule has 0 bridgehead atoms. The predicted octanol–water partition coefficient (Wildman–Crippen LogP) is 2.71. The van der Waals surface area contributed by atoms with Gasteiger partial charge in [0.1, 0.15) is 0 Å². The first-order valence-corrected chi connectivity index (χ1v) is 4.82. The van der Waals surface area contributed by atoms with Gasteiger partial charge in [0.2, 0.25) is 0 Å². The summed E-state index contributed by atoms with van der Waals surface area (Å²) < 4.78 is 4.98. The normalized spacial score (nSPS) is 12.8. The molecule has 2 nitrogen and oxygen atoms in total. The van der Waals surface area contributed by atoms with Gasteiger partial charge in [0.15, 0.2) is 5.05 Å². The third-order valence-electron chi connectivity index (χ3n) is 1.89. The van der Waals surface area contributed by atoms with E-state index >= 15 is 0 Å². The Bertz CT molecular complexity index is 126. The molecule has 0 fully saturated rings. The summed E-state index contributed by atoms with van der Waals surface area (Å²) in [6.45, 7) is 2.90. The number of ether oxygens (including phenoxy) is 1. The number of rotatable bonds is 7. The molecule has 3 heteroatoms. The molecule has 1 N–H and O–H groups in total. The van der Waals surface area contributed by atoms with Gasteiger partial charge < -0.3 is 9.84 Å². The Morgan fingerprint density at radius 2 is 2.17 bits per heavy atom. The summed E-state index contributed by atoms with van der Waals surface area (Å²) in [4.78, 5) is 0. The lowest BCUT2D eigenvalue weighted by molar-refractivity contribution is 0.175. The molecule has 0 aliphatic rings. The molecule has 0 saturated carbocycles. The van der Waals surface area contributed by atoms with Gasteiger partial charge in [0, 0.05) is 20.1 Å². The summed E-state index contributed by atoms with van der Waals surface area (Å²) in [5.74, 6) is 0.493. The summed E-state index contributed by atoms with van der Waals surface area (Å²) in [7, 11) is 1.69. The molecule has 12 heavy (non-hydrogen) atoms. The molecule has 0 aromatic heterocycles. The summed E-state index contributed by atoms with van der Waals surface area (Å²) in [5, 5.41) is 9.07. The van der Waals surface area contributed by atoms with Crippen LogP contribution in [-0.2, 0) is 4.74 Å². The Hall–Kier alpha value is -0.150. The lowest BCUT2D eigenvalue weighted by Crippen LogP contribution is -2.08. The number of hydrogen-bond donors (Lipinski definition) is 1. The Morgan fingerprint density at radius 3 is 2.58 bits per heavy atom. The molecule has 0 amide bonds. The Balaban J connectivity index is 3.61. The summed E-state index contributed by atoms with van der Waals surface area (Å²) in [5.41, 5.74) is 0. The van der Waals surface area contributed by atoms with Gasteiger partial charge in [-0.15, -0.1) is 0 Å². The van der Waals surface area contributed by atoms with Crippen molar-refractivity contribution in [1.82, 2.24) is 0 Å². The Morgan fingerprint density at radius 1 is 1.50 bits per heavy atom. The highest BCUT2D eigenvalue weighted by molar-refractivity contribution is 7.80. The van der Waals surface area contributed by atoms with E-state index in [1.165, 1.54) is 0 Å². The van der Waals surface area contributed by atoms with Gasteiger partial charge >= 0.3 is 0 Å². The van der Waals surface area contributed by atoms with E-state index in [0.29, 0.717) is 12.3 Å². The van der Waals surface area contributed by atoms with E-state index in [1.54, 1.807) is 7.11 Å². The maximum atomic E-state index is 8.94. The van der Waals surface area contributed by atoms with Crippen molar-refractivity contribution in [3.05, 3.63) is 0 Å². The fourth-order valence-electron chi connectivity index (χ4n) is 1.29.